The largest absolute Gasteiger partial charge is 0.438 e. The highest BCUT2D eigenvalue weighted by Gasteiger charge is 2.15. The van der Waals surface area contributed by atoms with Gasteiger partial charge in [0.1, 0.15) is 11.6 Å². The molecular weight excluding hydrogens is 429 g/mol. The second-order valence-electron chi connectivity index (χ2n) is 5.84. The van der Waals surface area contributed by atoms with Crippen molar-refractivity contribution >= 4 is 33.4 Å². The average molecular weight is 444 g/mol. The quantitative estimate of drug-likeness (QED) is 0.641. The molecule has 1 aromatic heterocycles. The van der Waals surface area contributed by atoms with Crippen LogP contribution in [0.4, 0.5) is 10.1 Å². The summed E-state index contributed by atoms with van der Waals surface area (Å²) in [4.78, 5) is 29.3. The van der Waals surface area contributed by atoms with Gasteiger partial charge in [-0.3, -0.25) is 9.59 Å². The van der Waals surface area contributed by atoms with E-state index in [0.29, 0.717) is 27.0 Å². The number of anilines is 1. The molecule has 0 atom stereocenters. The van der Waals surface area contributed by atoms with E-state index in [4.69, 9.17) is 10.5 Å². The van der Waals surface area contributed by atoms with Crippen molar-refractivity contribution in [3.05, 3.63) is 82.2 Å². The Bertz CT molecular complexity index is 1020. The summed E-state index contributed by atoms with van der Waals surface area (Å²) in [6, 6.07) is 13.5. The van der Waals surface area contributed by atoms with Gasteiger partial charge in [-0.25, -0.2) is 9.37 Å². The smallest absolute Gasteiger partial charge is 0.259 e. The fourth-order valence-electron chi connectivity index (χ4n) is 2.40. The molecule has 2 amide bonds. The Morgan fingerprint density at radius 2 is 1.75 bits per heavy atom. The number of nitrogens with zero attached hydrogens (tertiary/aromatic N) is 2. The van der Waals surface area contributed by atoms with Gasteiger partial charge in [-0.05, 0) is 64.5 Å². The number of halogens is 2. The van der Waals surface area contributed by atoms with Crippen LogP contribution in [-0.4, -0.2) is 23.8 Å². The van der Waals surface area contributed by atoms with E-state index in [2.05, 4.69) is 20.9 Å². The van der Waals surface area contributed by atoms with Gasteiger partial charge in [0.05, 0.1) is 10.0 Å². The summed E-state index contributed by atoms with van der Waals surface area (Å²) >= 11 is 3.22. The first kappa shape index (κ1) is 19.5. The fourth-order valence-corrected chi connectivity index (χ4v) is 2.83. The first-order chi connectivity index (χ1) is 13.3. The maximum absolute atomic E-state index is 13.1. The zero-order chi connectivity index (χ0) is 20.3. The Labute approximate surface area is 168 Å². The molecule has 2 N–H and O–H groups in total. The Balaban J connectivity index is 1.73. The van der Waals surface area contributed by atoms with Gasteiger partial charge in [-0.15, -0.1) is 0 Å². The van der Waals surface area contributed by atoms with Crippen LogP contribution in [0.2, 0.25) is 0 Å². The number of pyridine rings is 1. The third-order valence-electron chi connectivity index (χ3n) is 3.94. The van der Waals surface area contributed by atoms with E-state index < -0.39 is 5.91 Å². The van der Waals surface area contributed by atoms with Gasteiger partial charge in [0, 0.05) is 30.6 Å². The number of nitrogens with two attached hydrogens (primary N) is 1. The van der Waals surface area contributed by atoms with Crippen molar-refractivity contribution in [3.63, 3.8) is 0 Å². The summed E-state index contributed by atoms with van der Waals surface area (Å²) in [6.07, 6.45) is 1.39. The number of amides is 2. The molecule has 2 aromatic carbocycles. The second-order valence-corrected chi connectivity index (χ2v) is 6.69. The number of carbonyl (C=O) groups is 2. The van der Waals surface area contributed by atoms with E-state index in [1.54, 1.807) is 43.4 Å². The van der Waals surface area contributed by atoms with Crippen molar-refractivity contribution in [1.82, 2.24) is 4.98 Å². The average Bonchev–Trinajstić information content (AvgIpc) is 2.69. The lowest BCUT2D eigenvalue weighted by Crippen LogP contribution is -2.26. The monoisotopic (exact) mass is 443 g/mol. The number of rotatable bonds is 5. The molecule has 0 aliphatic heterocycles. The maximum Gasteiger partial charge on any atom is 0.259 e. The Morgan fingerprint density at radius 3 is 2.32 bits per heavy atom. The van der Waals surface area contributed by atoms with Crippen molar-refractivity contribution < 1.29 is 18.7 Å². The van der Waals surface area contributed by atoms with E-state index in [1.165, 1.54) is 29.3 Å². The molecule has 0 aliphatic carbocycles. The van der Waals surface area contributed by atoms with Gasteiger partial charge in [0.15, 0.2) is 0 Å². The van der Waals surface area contributed by atoms with E-state index in [9.17, 15) is 14.0 Å². The summed E-state index contributed by atoms with van der Waals surface area (Å²) in [5.41, 5.74) is 6.53. The first-order valence-corrected chi connectivity index (χ1v) is 8.91. The maximum atomic E-state index is 13.1. The molecule has 6 nitrogen and oxygen atoms in total. The summed E-state index contributed by atoms with van der Waals surface area (Å²) in [5, 5.41) is 0. The number of hydrogen-bond acceptors (Lipinski definition) is 4. The molecule has 142 valence electrons. The van der Waals surface area contributed by atoms with Crippen molar-refractivity contribution in [1.29, 1.82) is 0 Å². The molecule has 0 aliphatic rings. The van der Waals surface area contributed by atoms with E-state index in [-0.39, 0.29) is 17.6 Å². The van der Waals surface area contributed by atoms with Crippen molar-refractivity contribution in [2.45, 2.75) is 0 Å². The predicted octanol–water partition coefficient (Wildman–Crippen LogP) is 4.15. The third kappa shape index (κ3) is 4.34. The highest BCUT2D eigenvalue weighted by molar-refractivity contribution is 9.10. The summed E-state index contributed by atoms with van der Waals surface area (Å²) in [7, 11) is 1.61. The van der Waals surface area contributed by atoms with Gasteiger partial charge in [0.2, 0.25) is 11.8 Å². The molecular formula is C20H15BrFN3O3. The molecule has 3 rings (SSSR count). The van der Waals surface area contributed by atoms with Crippen LogP contribution in [-0.2, 0) is 0 Å². The number of ether oxygens (including phenoxy) is 1. The lowest BCUT2D eigenvalue weighted by Gasteiger charge is -2.17. The first-order valence-electron chi connectivity index (χ1n) is 8.12. The van der Waals surface area contributed by atoms with Gasteiger partial charge in [0.25, 0.3) is 5.91 Å². The van der Waals surface area contributed by atoms with Crippen LogP contribution in [0.1, 0.15) is 20.7 Å². The normalized spacial score (nSPS) is 10.4. The highest BCUT2D eigenvalue weighted by atomic mass is 79.9. The minimum atomic E-state index is -0.534. The van der Waals surface area contributed by atoms with Crippen LogP contribution < -0.4 is 15.4 Å². The predicted molar refractivity (Wildman–Crippen MR) is 106 cm³/mol. The minimum Gasteiger partial charge on any atom is -0.438 e. The standard InChI is InChI=1S/C20H15BrFN3O3/c1-25(15-6-2-12(3-7-15)19(23)26)20(27)13-4-9-18(24-11-13)28-17-8-5-14(22)10-16(17)21/h2-11H,1H3,(H2,23,26). The Hall–Kier alpha value is -3.26. The second kappa shape index (κ2) is 8.18. The topological polar surface area (TPSA) is 85.5 Å². The number of aromatic nitrogens is 1. The molecule has 0 spiro atoms. The minimum absolute atomic E-state index is 0.261. The third-order valence-corrected chi connectivity index (χ3v) is 4.56. The zero-order valence-corrected chi connectivity index (χ0v) is 16.3. The van der Waals surface area contributed by atoms with Crippen molar-refractivity contribution in [2.24, 2.45) is 5.73 Å². The van der Waals surface area contributed by atoms with Crippen LogP contribution in [0.25, 0.3) is 0 Å². The van der Waals surface area contributed by atoms with Crippen molar-refractivity contribution in [3.8, 4) is 11.6 Å². The number of hydrogen-bond donors (Lipinski definition) is 1. The molecule has 28 heavy (non-hydrogen) atoms. The summed E-state index contributed by atoms with van der Waals surface area (Å²) in [5.74, 6) is -0.543. The number of benzene rings is 2. The van der Waals surface area contributed by atoms with E-state index >= 15 is 0 Å². The number of carbonyl (C=O) groups excluding carboxylic acids is 2. The van der Waals surface area contributed by atoms with Crippen LogP contribution in [0.5, 0.6) is 11.6 Å². The molecule has 0 radical (unpaired) electrons. The summed E-state index contributed by atoms with van der Waals surface area (Å²) < 4.78 is 19.2. The van der Waals surface area contributed by atoms with E-state index in [0.717, 1.165) is 0 Å². The molecule has 0 saturated heterocycles. The SMILES string of the molecule is CN(C(=O)c1ccc(Oc2ccc(F)cc2Br)nc1)c1ccc(C(N)=O)cc1. The van der Waals surface area contributed by atoms with Crippen molar-refractivity contribution in [2.75, 3.05) is 11.9 Å². The summed E-state index contributed by atoms with van der Waals surface area (Å²) in [6.45, 7) is 0. The van der Waals surface area contributed by atoms with Crippen LogP contribution in [0.3, 0.4) is 0 Å². The molecule has 0 fully saturated rings. The molecule has 1 heterocycles. The molecule has 8 heteroatoms. The zero-order valence-electron chi connectivity index (χ0n) is 14.7. The highest BCUT2D eigenvalue weighted by Crippen LogP contribution is 2.29. The van der Waals surface area contributed by atoms with Gasteiger partial charge < -0.3 is 15.4 Å². The van der Waals surface area contributed by atoms with Gasteiger partial charge >= 0.3 is 0 Å². The van der Waals surface area contributed by atoms with Crippen LogP contribution >= 0.6 is 15.9 Å². The van der Waals surface area contributed by atoms with E-state index in [1.807, 2.05) is 0 Å². The molecule has 0 saturated carbocycles. The lowest BCUT2D eigenvalue weighted by molar-refractivity contribution is 0.0988. The molecule has 0 unspecified atom stereocenters. The Morgan fingerprint density at radius 1 is 1.07 bits per heavy atom. The van der Waals surface area contributed by atoms with Crippen LogP contribution in [0.15, 0.2) is 65.3 Å². The fraction of sp³-hybridized carbons (Fsp3) is 0.0500. The van der Waals surface area contributed by atoms with Gasteiger partial charge in [-0.2, -0.15) is 0 Å². The van der Waals surface area contributed by atoms with Crippen LogP contribution in [0, 0.1) is 5.82 Å². The Kier molecular flexibility index (Phi) is 5.70. The molecule has 3 aromatic rings. The van der Waals surface area contributed by atoms with Gasteiger partial charge in [-0.1, -0.05) is 0 Å². The number of primary amides is 1. The molecule has 0 bridgehead atoms. The lowest BCUT2D eigenvalue weighted by atomic mass is 10.1.